The van der Waals surface area contributed by atoms with Crippen LogP contribution in [0.15, 0.2) is 104 Å². The third-order valence-corrected chi connectivity index (χ3v) is 17.6. The minimum absolute atomic E-state index is 0.00427. The van der Waals surface area contributed by atoms with Gasteiger partial charge in [0.2, 0.25) is 62.7 Å². The van der Waals surface area contributed by atoms with E-state index in [-0.39, 0.29) is 115 Å². The molecule has 0 fully saturated rings. The first kappa shape index (κ1) is 78.2. The van der Waals surface area contributed by atoms with E-state index in [4.69, 9.17) is 166 Å². The van der Waals surface area contributed by atoms with E-state index >= 15 is 0 Å². The van der Waals surface area contributed by atoms with Crippen LogP contribution in [0.3, 0.4) is 0 Å². The molecule has 0 amide bonds. The predicted molar refractivity (Wildman–Crippen MR) is 391 cm³/mol. The molecule has 27 nitrogen and oxygen atoms in total. The molecule has 8 N–H and O–H groups in total. The van der Waals surface area contributed by atoms with Crippen molar-refractivity contribution in [1.82, 2.24) is 59.8 Å². The summed E-state index contributed by atoms with van der Waals surface area (Å²) < 4.78 is 49.1. The lowest BCUT2D eigenvalue weighted by atomic mass is 10.2. The second-order valence-corrected chi connectivity index (χ2v) is 25.2. The molecule has 0 atom stereocenters. The van der Waals surface area contributed by atoms with Crippen molar-refractivity contribution >= 4 is 196 Å². The summed E-state index contributed by atoms with van der Waals surface area (Å²) in [5.41, 5.74) is 11.0. The minimum Gasteiger partial charge on any atom is -0.481 e. The number of aliphatic imine (C=N–C) groups is 6. The standard InChI is InChI=1S/C13H9Cl3N4O.C13H9Cl2FN4O.C7H5Cl2N3O.C7H7Cl2N.C7H5ClFN3O.C6H3Cl2N3O.C6H3ClFN3O/c2*14-8-2-1-6(3-9(8)15)4-18-13-19-10-7(12(21)20-13)5-17-11(10)16;1-13-6-3-2-10-5(8)4(3)11-7(9)12-6;8-6-2-1-5(4-10)3-7(6)9;1-13-6-3-2-10-5(9)4(3)11-7(8)12-6;7-4-3-2(1-9-4)5(12)11-6(8)10-3;7-6-10-3-2(5(12)11-6)1-9-4(3)8/h2*1-3H,4-5H2,(H2,18,19,20,21);2H2,1H3;1-3H,4,10H2;2H2,1H3;2*1H2,(H,10,11,12). The summed E-state index contributed by atoms with van der Waals surface area (Å²) in [6.07, 6.45) is 0. The summed E-state index contributed by atoms with van der Waals surface area (Å²) in [4.78, 5) is 109. The average Bonchev–Trinajstić information content (AvgIpc) is 1.79. The van der Waals surface area contributed by atoms with Gasteiger partial charge in [0.05, 0.1) is 117 Å². The number of nitrogens with one attached hydrogen (secondary N) is 6. The summed E-state index contributed by atoms with van der Waals surface area (Å²) in [7, 11) is 2.96. The highest BCUT2D eigenvalue weighted by Crippen LogP contribution is 2.31. The Hall–Kier alpha value is -7.92. The number of anilines is 2. The summed E-state index contributed by atoms with van der Waals surface area (Å²) >= 11 is 74.4. The average molecular weight is 1660 g/mol. The monoisotopic (exact) mass is 1650 g/mol. The van der Waals surface area contributed by atoms with Crippen LogP contribution in [0.5, 0.6) is 11.8 Å². The van der Waals surface area contributed by atoms with E-state index in [0.29, 0.717) is 107 Å². The van der Waals surface area contributed by atoms with E-state index in [2.05, 4.69) is 100 Å². The molecule has 0 radical (unpaired) electrons. The molecule has 530 valence electrons. The van der Waals surface area contributed by atoms with Gasteiger partial charge in [-0.05, 0) is 99.5 Å². The van der Waals surface area contributed by atoms with Crippen molar-refractivity contribution in [2.45, 2.75) is 58.9 Å². The Morgan fingerprint density at radius 1 is 0.382 bits per heavy atom. The Kier molecular flexibility index (Phi) is 27.2. The number of fused-ring (bicyclic) bond motifs is 6. The van der Waals surface area contributed by atoms with Crippen LogP contribution < -0.4 is 48.1 Å². The Morgan fingerprint density at radius 3 is 1.11 bits per heavy atom. The first-order valence-electron chi connectivity index (χ1n) is 28.4. The predicted octanol–water partition coefficient (Wildman–Crippen LogP) is 13.1. The number of benzene rings is 3. The SMILES string of the molecule is COc1nc(Cl)nc2c1CN=C2Cl.COc1nc(Cl)nc2c1CN=C2F.NCc1ccc(Cl)c(Cl)c1.O=c1[nH]c(Cl)nc2c1CN=C2Cl.O=c1[nH]c(Cl)nc2c1CN=C2F.O=c1[nH]c(NCc2ccc(Cl)c(Cl)c2)nc2c1CN=C2Cl.O=c1[nH]c(NCc2ccc(Cl)c(Cl)c2)nc2c1CN=C2F. The number of halogens is 16. The van der Waals surface area contributed by atoms with Crippen LogP contribution in [0.4, 0.5) is 25.1 Å². The van der Waals surface area contributed by atoms with Gasteiger partial charge >= 0.3 is 0 Å². The van der Waals surface area contributed by atoms with E-state index in [0.717, 1.165) is 22.3 Å². The molecular formula is C59H41Cl13F3N21O6. The Labute approximate surface area is 636 Å². The van der Waals surface area contributed by atoms with Gasteiger partial charge in [-0.2, -0.15) is 23.1 Å². The first-order chi connectivity index (χ1) is 48.6. The molecule has 6 aromatic heterocycles. The van der Waals surface area contributed by atoms with Crippen LogP contribution >= 0.6 is 151 Å². The maximum atomic E-state index is 13.4. The molecule has 6 aliphatic rings. The third kappa shape index (κ3) is 19.7. The molecule has 3 aromatic carbocycles. The fourth-order valence-corrected chi connectivity index (χ4v) is 11.2. The highest BCUT2D eigenvalue weighted by atomic mass is 35.5. The van der Waals surface area contributed by atoms with Crippen molar-refractivity contribution in [3.8, 4) is 11.8 Å². The number of H-pyrrole nitrogens is 4. The number of aromatic amines is 4. The van der Waals surface area contributed by atoms with Crippen molar-refractivity contribution in [2.75, 3.05) is 24.9 Å². The van der Waals surface area contributed by atoms with Crippen LogP contribution in [0.1, 0.15) is 84.2 Å². The maximum absolute atomic E-state index is 13.4. The van der Waals surface area contributed by atoms with Crippen molar-refractivity contribution in [2.24, 2.45) is 35.7 Å². The molecule has 0 aliphatic carbocycles. The van der Waals surface area contributed by atoms with Crippen molar-refractivity contribution in [1.29, 1.82) is 0 Å². The number of methoxy groups -OCH3 is 2. The third-order valence-electron chi connectivity index (χ3n) is 13.8. The van der Waals surface area contributed by atoms with Crippen LogP contribution in [0.2, 0.25) is 51.3 Å². The highest BCUT2D eigenvalue weighted by Gasteiger charge is 2.27. The number of rotatable bonds is 9. The van der Waals surface area contributed by atoms with Crippen LogP contribution in [0, 0.1) is 0 Å². The van der Waals surface area contributed by atoms with Gasteiger partial charge in [0.15, 0.2) is 15.5 Å². The summed E-state index contributed by atoms with van der Waals surface area (Å²) in [6, 6.07) is 15.8. The second-order valence-electron chi connectivity index (χ2n) is 20.3. The van der Waals surface area contributed by atoms with Crippen LogP contribution in [-0.4, -0.2) is 107 Å². The van der Waals surface area contributed by atoms with E-state index in [1.54, 1.807) is 42.5 Å². The van der Waals surface area contributed by atoms with E-state index in [1.165, 1.54) is 14.2 Å². The van der Waals surface area contributed by atoms with Crippen LogP contribution in [-0.2, 0) is 58.9 Å². The van der Waals surface area contributed by atoms with Gasteiger partial charge in [-0.15, -0.1) is 0 Å². The molecule has 15 rings (SSSR count). The fourth-order valence-electron chi connectivity index (χ4n) is 8.89. The van der Waals surface area contributed by atoms with Gasteiger partial charge in [-0.25, -0.2) is 29.9 Å². The van der Waals surface area contributed by atoms with E-state index < -0.39 is 29.0 Å². The Morgan fingerprint density at radius 2 is 0.686 bits per heavy atom. The van der Waals surface area contributed by atoms with Gasteiger partial charge in [-0.1, -0.05) is 123 Å². The highest BCUT2D eigenvalue weighted by molar-refractivity contribution is 6.70. The second kappa shape index (κ2) is 35.5. The van der Waals surface area contributed by atoms with Gasteiger partial charge in [0.1, 0.15) is 34.2 Å². The lowest BCUT2D eigenvalue weighted by Gasteiger charge is -2.08. The zero-order valence-corrected chi connectivity index (χ0v) is 61.2. The topological polar surface area (TPSA) is 377 Å². The number of hydrogen-bond acceptors (Lipinski definition) is 23. The summed E-state index contributed by atoms with van der Waals surface area (Å²) in [5, 5.41) is 9.78. The number of hydrogen-bond donors (Lipinski definition) is 7. The molecule has 0 saturated heterocycles. The quantitative estimate of drug-likeness (QED) is 0.0660. The smallest absolute Gasteiger partial charge is 0.258 e. The number of ether oxygens (including phenoxy) is 2. The number of aromatic nitrogens is 12. The molecule has 102 heavy (non-hydrogen) atoms. The summed E-state index contributed by atoms with van der Waals surface area (Å²) in [5.74, 6) is -0.817. The van der Waals surface area contributed by atoms with Gasteiger partial charge in [0, 0.05) is 19.6 Å². The summed E-state index contributed by atoms with van der Waals surface area (Å²) in [6.45, 7) is 2.58. The molecular weight excluding hydrogens is 1620 g/mol. The van der Waals surface area contributed by atoms with Gasteiger partial charge in [0.25, 0.3) is 22.2 Å². The van der Waals surface area contributed by atoms with Gasteiger partial charge in [-0.3, -0.25) is 69.1 Å². The molecule has 0 saturated carbocycles. The Bertz CT molecular complexity index is 4920. The lowest BCUT2D eigenvalue weighted by Crippen LogP contribution is -2.19. The molecule has 0 unspecified atom stereocenters. The molecule has 6 aliphatic heterocycles. The van der Waals surface area contributed by atoms with E-state index in [1.807, 2.05) is 12.1 Å². The largest absolute Gasteiger partial charge is 0.481 e. The molecule has 9 aromatic rings. The molecule has 43 heteroatoms. The molecule has 12 heterocycles. The van der Waals surface area contributed by atoms with Crippen LogP contribution in [0.25, 0.3) is 0 Å². The molecule has 0 spiro atoms. The van der Waals surface area contributed by atoms with Crippen molar-refractivity contribution in [3.05, 3.63) is 232 Å². The minimum atomic E-state index is -0.724. The fraction of sp³-hybridized carbons (Fsp3) is 0.186. The zero-order valence-electron chi connectivity index (χ0n) is 51.4. The Balaban J connectivity index is 0.000000141. The first-order valence-corrected chi connectivity index (χ1v) is 33.3. The van der Waals surface area contributed by atoms with Crippen molar-refractivity contribution < 1.29 is 22.6 Å². The number of nitrogens with two attached hydrogens (primary N) is 1. The molecule has 0 bridgehead atoms. The maximum Gasteiger partial charge on any atom is 0.258 e. The zero-order chi connectivity index (χ0) is 73.8. The van der Waals surface area contributed by atoms with Gasteiger partial charge < -0.3 is 25.8 Å². The normalized spacial score (nSPS) is 13.2. The van der Waals surface area contributed by atoms with Crippen molar-refractivity contribution in [3.63, 3.8) is 0 Å². The lowest BCUT2D eigenvalue weighted by molar-refractivity contribution is 0.391. The van der Waals surface area contributed by atoms with E-state index in [9.17, 15) is 32.3 Å². The number of nitrogens with zero attached hydrogens (tertiary/aromatic N) is 14.